The quantitative estimate of drug-likeness (QED) is 0.296. The number of benzene rings is 3. The van der Waals surface area contributed by atoms with Gasteiger partial charge in [0.25, 0.3) is 0 Å². The lowest BCUT2D eigenvalue weighted by Crippen LogP contribution is -2.08. The van der Waals surface area contributed by atoms with Crippen molar-refractivity contribution >= 4 is 5.97 Å². The van der Waals surface area contributed by atoms with Crippen LogP contribution < -0.4 is 14.2 Å². The molecule has 0 bridgehead atoms. The predicted molar refractivity (Wildman–Crippen MR) is 114 cm³/mol. The van der Waals surface area contributed by atoms with Gasteiger partial charge in [0, 0.05) is 0 Å². The molecule has 158 valence electrons. The zero-order chi connectivity index (χ0) is 21.0. The summed E-state index contributed by atoms with van der Waals surface area (Å²) in [6, 6.07) is 22.2. The number of carbonyl (C=O) groups excluding carboxylic acids is 1. The monoisotopic (exact) mass is 418 g/mol. The standard InChI is InChI=1S/C25H22O6/c26-25(31-22-11-9-21(10-12-22)28-14-24-16-30-24)19-3-1-17(2-4-19)18-5-7-20(8-6-18)27-13-23-15-29-23/h1-12,23-24H,13-16H2. The van der Waals surface area contributed by atoms with Crippen LogP contribution in [0, 0.1) is 0 Å². The molecule has 0 saturated carbocycles. The summed E-state index contributed by atoms with van der Waals surface area (Å²) in [5, 5.41) is 0. The molecule has 0 amide bonds. The SMILES string of the molecule is O=C(Oc1ccc(OCC2CO2)cc1)c1ccc(-c2ccc(OCC3CO3)cc2)cc1. The van der Waals surface area contributed by atoms with E-state index in [0.717, 1.165) is 35.8 Å². The second-order valence-corrected chi connectivity index (χ2v) is 7.50. The van der Waals surface area contributed by atoms with Gasteiger partial charge in [0.05, 0.1) is 18.8 Å². The van der Waals surface area contributed by atoms with E-state index >= 15 is 0 Å². The van der Waals surface area contributed by atoms with Crippen molar-refractivity contribution in [3.63, 3.8) is 0 Å². The van der Waals surface area contributed by atoms with Crippen LogP contribution in [0.5, 0.6) is 17.2 Å². The zero-order valence-corrected chi connectivity index (χ0v) is 16.9. The minimum Gasteiger partial charge on any atom is -0.491 e. The highest BCUT2D eigenvalue weighted by atomic mass is 16.6. The molecule has 0 aliphatic carbocycles. The van der Waals surface area contributed by atoms with Gasteiger partial charge in [0.2, 0.25) is 0 Å². The topological polar surface area (TPSA) is 69.8 Å². The lowest BCUT2D eigenvalue weighted by molar-refractivity contribution is 0.0734. The van der Waals surface area contributed by atoms with E-state index in [9.17, 15) is 4.79 Å². The van der Waals surface area contributed by atoms with Crippen molar-refractivity contribution in [1.29, 1.82) is 0 Å². The van der Waals surface area contributed by atoms with Gasteiger partial charge in [-0.3, -0.25) is 0 Å². The lowest BCUT2D eigenvalue weighted by atomic mass is 10.0. The van der Waals surface area contributed by atoms with Crippen molar-refractivity contribution in [2.24, 2.45) is 0 Å². The molecule has 2 saturated heterocycles. The Balaban J connectivity index is 1.16. The first-order valence-corrected chi connectivity index (χ1v) is 10.2. The van der Waals surface area contributed by atoms with Gasteiger partial charge in [-0.25, -0.2) is 4.79 Å². The Morgan fingerprint density at radius 1 is 0.677 bits per heavy atom. The van der Waals surface area contributed by atoms with Crippen molar-refractivity contribution < 1.29 is 28.5 Å². The molecule has 2 atom stereocenters. The molecule has 2 fully saturated rings. The predicted octanol–water partition coefficient (Wildman–Crippen LogP) is 4.13. The van der Waals surface area contributed by atoms with Crippen LogP contribution in [0.2, 0.25) is 0 Å². The van der Waals surface area contributed by atoms with Gasteiger partial charge in [-0.1, -0.05) is 24.3 Å². The molecule has 3 aromatic rings. The van der Waals surface area contributed by atoms with Gasteiger partial charge in [0.1, 0.15) is 42.7 Å². The van der Waals surface area contributed by atoms with Crippen molar-refractivity contribution in [3.05, 3.63) is 78.4 Å². The number of esters is 1. The fourth-order valence-corrected chi connectivity index (χ4v) is 3.02. The molecule has 2 unspecified atom stereocenters. The van der Waals surface area contributed by atoms with Gasteiger partial charge in [-0.05, 0) is 59.7 Å². The van der Waals surface area contributed by atoms with Gasteiger partial charge >= 0.3 is 5.97 Å². The summed E-state index contributed by atoms with van der Waals surface area (Å²) in [6.45, 7) is 2.66. The van der Waals surface area contributed by atoms with Crippen LogP contribution in [0.15, 0.2) is 72.8 Å². The van der Waals surface area contributed by atoms with Gasteiger partial charge < -0.3 is 23.7 Å². The first-order valence-electron chi connectivity index (χ1n) is 10.2. The first kappa shape index (κ1) is 19.6. The van der Waals surface area contributed by atoms with E-state index in [1.807, 2.05) is 36.4 Å². The molecule has 6 nitrogen and oxygen atoms in total. The average molecular weight is 418 g/mol. The fraction of sp³-hybridized carbons (Fsp3) is 0.240. The molecule has 0 radical (unpaired) electrons. The Morgan fingerprint density at radius 2 is 1.10 bits per heavy atom. The third-order valence-electron chi connectivity index (χ3n) is 5.02. The second kappa shape index (κ2) is 8.79. The van der Waals surface area contributed by atoms with Crippen LogP contribution in [0.25, 0.3) is 11.1 Å². The Kier molecular flexibility index (Phi) is 5.56. The minimum absolute atomic E-state index is 0.203. The number of hydrogen-bond acceptors (Lipinski definition) is 6. The van der Waals surface area contributed by atoms with E-state index in [4.69, 9.17) is 23.7 Å². The van der Waals surface area contributed by atoms with Crippen LogP contribution in [-0.4, -0.2) is 44.6 Å². The van der Waals surface area contributed by atoms with E-state index in [1.165, 1.54) is 0 Å². The van der Waals surface area contributed by atoms with Crippen molar-refractivity contribution in [2.75, 3.05) is 26.4 Å². The summed E-state index contributed by atoms with van der Waals surface area (Å²) in [5.74, 6) is 1.60. The number of carbonyl (C=O) groups is 1. The summed E-state index contributed by atoms with van der Waals surface area (Å²) in [5.41, 5.74) is 2.54. The third kappa shape index (κ3) is 5.42. The number of hydrogen-bond donors (Lipinski definition) is 0. The molecule has 2 aliphatic heterocycles. The number of ether oxygens (including phenoxy) is 5. The maximum atomic E-state index is 12.5. The molecule has 5 rings (SSSR count). The van der Waals surface area contributed by atoms with E-state index in [1.54, 1.807) is 36.4 Å². The molecule has 0 N–H and O–H groups in total. The number of epoxide rings is 2. The van der Waals surface area contributed by atoms with Crippen LogP contribution in [0.3, 0.4) is 0 Å². The summed E-state index contributed by atoms with van der Waals surface area (Å²) < 4.78 is 27.0. The minimum atomic E-state index is -0.405. The van der Waals surface area contributed by atoms with E-state index in [2.05, 4.69) is 0 Å². The summed E-state index contributed by atoms with van der Waals surface area (Å²) in [6.07, 6.45) is 0.440. The molecule has 2 aliphatic rings. The highest BCUT2D eigenvalue weighted by molar-refractivity contribution is 5.91. The van der Waals surface area contributed by atoms with E-state index in [0.29, 0.717) is 24.5 Å². The van der Waals surface area contributed by atoms with Crippen molar-refractivity contribution in [2.45, 2.75) is 12.2 Å². The second-order valence-electron chi connectivity index (χ2n) is 7.50. The molecular formula is C25H22O6. The lowest BCUT2D eigenvalue weighted by Gasteiger charge is -2.08. The van der Waals surface area contributed by atoms with Crippen LogP contribution >= 0.6 is 0 Å². The largest absolute Gasteiger partial charge is 0.491 e. The van der Waals surface area contributed by atoms with Crippen molar-refractivity contribution in [3.8, 4) is 28.4 Å². The summed E-state index contributed by atoms with van der Waals surface area (Å²) >= 11 is 0. The molecule has 0 spiro atoms. The van der Waals surface area contributed by atoms with Gasteiger partial charge in [-0.2, -0.15) is 0 Å². The highest BCUT2D eigenvalue weighted by Crippen LogP contribution is 2.25. The maximum Gasteiger partial charge on any atom is 0.343 e. The van der Waals surface area contributed by atoms with Crippen molar-refractivity contribution in [1.82, 2.24) is 0 Å². The molecule has 31 heavy (non-hydrogen) atoms. The molecule has 3 aromatic carbocycles. The van der Waals surface area contributed by atoms with E-state index in [-0.39, 0.29) is 12.2 Å². The maximum absolute atomic E-state index is 12.5. The molecule has 2 heterocycles. The summed E-state index contributed by atoms with van der Waals surface area (Å²) in [4.78, 5) is 12.5. The van der Waals surface area contributed by atoms with Crippen LogP contribution in [0.4, 0.5) is 0 Å². The first-order chi connectivity index (χ1) is 15.2. The van der Waals surface area contributed by atoms with Gasteiger partial charge in [-0.15, -0.1) is 0 Å². The smallest absolute Gasteiger partial charge is 0.343 e. The Bertz CT molecular complexity index is 1020. The van der Waals surface area contributed by atoms with Gasteiger partial charge in [0.15, 0.2) is 0 Å². The summed E-state index contributed by atoms with van der Waals surface area (Å²) in [7, 11) is 0. The average Bonchev–Trinajstić information content (AvgIpc) is 3.73. The van der Waals surface area contributed by atoms with E-state index < -0.39 is 5.97 Å². The molecular weight excluding hydrogens is 396 g/mol. The highest BCUT2D eigenvalue weighted by Gasteiger charge is 2.23. The Morgan fingerprint density at radius 3 is 1.58 bits per heavy atom. The zero-order valence-electron chi connectivity index (χ0n) is 16.9. The fourth-order valence-electron chi connectivity index (χ4n) is 3.02. The normalized spacial score (nSPS) is 18.8. The third-order valence-corrected chi connectivity index (χ3v) is 5.02. The number of rotatable bonds is 9. The van der Waals surface area contributed by atoms with Crippen LogP contribution in [0.1, 0.15) is 10.4 Å². The molecule has 6 heteroatoms. The Hall–Kier alpha value is -3.35. The van der Waals surface area contributed by atoms with Crippen LogP contribution in [-0.2, 0) is 9.47 Å². The Labute approximate surface area is 180 Å². The molecule has 0 aromatic heterocycles.